The van der Waals surface area contributed by atoms with Crippen molar-refractivity contribution in [2.45, 2.75) is 17.9 Å². The zero-order chi connectivity index (χ0) is 15.6. The molecule has 0 fully saturated rings. The van der Waals surface area contributed by atoms with E-state index in [0.29, 0.717) is 5.56 Å². The van der Waals surface area contributed by atoms with Crippen LogP contribution in [0.15, 0.2) is 41.6 Å². The van der Waals surface area contributed by atoms with Crippen molar-refractivity contribution in [1.29, 1.82) is 0 Å². The van der Waals surface area contributed by atoms with Gasteiger partial charge in [0.15, 0.2) is 0 Å². The van der Waals surface area contributed by atoms with Gasteiger partial charge >= 0.3 is 0 Å². The Bertz CT molecular complexity index is 737. The van der Waals surface area contributed by atoms with Gasteiger partial charge in [0.2, 0.25) is 15.3 Å². The first kappa shape index (κ1) is 15.8. The summed E-state index contributed by atoms with van der Waals surface area (Å²) in [5.74, 6) is -0.459. The summed E-state index contributed by atoms with van der Waals surface area (Å²) in [6.07, 6.45) is 2.24. The predicted octanol–water partition coefficient (Wildman–Crippen LogP) is 2.65. The van der Waals surface area contributed by atoms with Gasteiger partial charge in [-0.3, -0.25) is 0 Å². The van der Waals surface area contributed by atoms with Crippen LogP contribution in [-0.2, 0) is 10.0 Å². The Kier molecular flexibility index (Phi) is 4.55. The number of hydrogen-bond donors (Lipinski definition) is 0. The molecule has 0 saturated heterocycles. The summed E-state index contributed by atoms with van der Waals surface area (Å²) in [7, 11) is -2.46. The van der Waals surface area contributed by atoms with E-state index in [1.165, 1.54) is 13.1 Å². The summed E-state index contributed by atoms with van der Waals surface area (Å²) < 4.78 is 39.7. The lowest BCUT2D eigenvalue weighted by molar-refractivity contribution is 0.387. The number of rotatable bonds is 4. The minimum Gasteiger partial charge on any atom is -0.225 e. The molecule has 0 saturated carbocycles. The zero-order valence-electron chi connectivity index (χ0n) is 11.4. The van der Waals surface area contributed by atoms with Gasteiger partial charge in [-0.05, 0) is 24.6 Å². The molecule has 8 heteroatoms. The molecule has 1 heterocycles. The normalized spacial score (nSPS) is 13.4. The van der Waals surface area contributed by atoms with E-state index >= 15 is 0 Å². The van der Waals surface area contributed by atoms with Crippen molar-refractivity contribution in [3.63, 3.8) is 0 Å². The molecule has 0 amide bonds. The molecule has 0 spiro atoms. The summed E-state index contributed by atoms with van der Waals surface area (Å²) >= 11 is 5.54. The molecule has 1 atom stereocenters. The van der Waals surface area contributed by atoms with Crippen LogP contribution in [0, 0.1) is 5.82 Å². The molecule has 5 nitrogen and oxygen atoms in total. The molecular weight excluding hydrogens is 317 g/mol. The van der Waals surface area contributed by atoms with E-state index in [-0.39, 0.29) is 10.2 Å². The van der Waals surface area contributed by atoms with Crippen molar-refractivity contribution in [3.8, 4) is 0 Å². The Morgan fingerprint density at radius 3 is 2.38 bits per heavy atom. The number of nitrogens with zero attached hydrogens (tertiary/aromatic N) is 3. The summed E-state index contributed by atoms with van der Waals surface area (Å²) in [5.41, 5.74) is 0.290. The van der Waals surface area contributed by atoms with Crippen LogP contribution in [0.3, 0.4) is 0 Å². The van der Waals surface area contributed by atoms with E-state index in [1.54, 1.807) is 25.1 Å². The largest absolute Gasteiger partial charge is 0.246 e. The molecule has 1 unspecified atom stereocenters. The molecular formula is C13H13ClFN3O2S. The SMILES string of the molecule is CC(c1ccccc1F)N(C)S(=O)(=O)c1cnc(Cl)nc1. The van der Waals surface area contributed by atoms with Gasteiger partial charge in [-0.25, -0.2) is 22.8 Å². The van der Waals surface area contributed by atoms with Gasteiger partial charge in [0, 0.05) is 18.7 Å². The maximum Gasteiger partial charge on any atom is 0.246 e. The lowest BCUT2D eigenvalue weighted by Crippen LogP contribution is -2.30. The van der Waals surface area contributed by atoms with Crippen molar-refractivity contribution in [2.75, 3.05) is 7.05 Å². The van der Waals surface area contributed by atoms with Crippen LogP contribution in [0.1, 0.15) is 18.5 Å². The lowest BCUT2D eigenvalue weighted by Gasteiger charge is -2.24. The molecule has 0 N–H and O–H groups in total. The van der Waals surface area contributed by atoms with E-state index in [9.17, 15) is 12.8 Å². The second-order valence-electron chi connectivity index (χ2n) is 4.41. The van der Waals surface area contributed by atoms with Crippen LogP contribution in [-0.4, -0.2) is 29.7 Å². The van der Waals surface area contributed by atoms with Crippen LogP contribution in [0.25, 0.3) is 0 Å². The summed E-state index contributed by atoms with van der Waals surface area (Å²) in [5, 5.41) is -0.0428. The highest BCUT2D eigenvalue weighted by molar-refractivity contribution is 7.89. The maximum atomic E-state index is 13.8. The highest BCUT2D eigenvalue weighted by Gasteiger charge is 2.28. The third-order valence-electron chi connectivity index (χ3n) is 3.17. The van der Waals surface area contributed by atoms with E-state index in [2.05, 4.69) is 9.97 Å². The predicted molar refractivity (Wildman–Crippen MR) is 76.8 cm³/mol. The highest BCUT2D eigenvalue weighted by Crippen LogP contribution is 2.26. The van der Waals surface area contributed by atoms with Gasteiger partial charge in [-0.15, -0.1) is 0 Å². The van der Waals surface area contributed by atoms with Gasteiger partial charge in [0.05, 0.1) is 12.4 Å². The molecule has 0 aliphatic heterocycles. The molecule has 0 aliphatic rings. The first-order valence-corrected chi connectivity index (χ1v) is 7.86. The molecule has 112 valence electrons. The number of aromatic nitrogens is 2. The lowest BCUT2D eigenvalue weighted by atomic mass is 10.1. The van der Waals surface area contributed by atoms with Gasteiger partial charge in [-0.2, -0.15) is 4.31 Å². The minimum absolute atomic E-state index is 0.0428. The topological polar surface area (TPSA) is 63.2 Å². The molecule has 0 aliphatic carbocycles. The van der Waals surface area contributed by atoms with Gasteiger partial charge < -0.3 is 0 Å². The quantitative estimate of drug-likeness (QED) is 0.809. The number of sulfonamides is 1. The fraction of sp³-hybridized carbons (Fsp3) is 0.231. The minimum atomic E-state index is -3.84. The van der Waals surface area contributed by atoms with Gasteiger partial charge in [-0.1, -0.05) is 18.2 Å². The number of benzene rings is 1. The van der Waals surface area contributed by atoms with Crippen molar-refractivity contribution >= 4 is 21.6 Å². The van der Waals surface area contributed by atoms with Gasteiger partial charge in [0.25, 0.3) is 0 Å². The second kappa shape index (κ2) is 6.05. The van der Waals surface area contributed by atoms with E-state index < -0.39 is 21.9 Å². The Morgan fingerprint density at radius 1 is 1.24 bits per heavy atom. The average Bonchev–Trinajstić information content (AvgIpc) is 2.46. The van der Waals surface area contributed by atoms with Gasteiger partial charge in [0.1, 0.15) is 10.7 Å². The smallest absolute Gasteiger partial charge is 0.225 e. The van der Waals surface area contributed by atoms with Crippen LogP contribution in [0.2, 0.25) is 5.28 Å². The standard InChI is InChI=1S/C13H13ClFN3O2S/c1-9(11-5-3-4-6-12(11)15)18(2)21(19,20)10-7-16-13(14)17-8-10/h3-9H,1-2H3. The molecule has 2 rings (SSSR count). The first-order valence-electron chi connectivity index (χ1n) is 6.04. The zero-order valence-corrected chi connectivity index (χ0v) is 12.9. The Morgan fingerprint density at radius 2 is 1.81 bits per heavy atom. The van der Waals surface area contributed by atoms with E-state index in [0.717, 1.165) is 16.7 Å². The fourth-order valence-corrected chi connectivity index (χ4v) is 3.15. The summed E-state index contributed by atoms with van der Waals surface area (Å²) in [4.78, 5) is 7.20. The first-order chi connectivity index (χ1) is 9.84. The summed E-state index contributed by atoms with van der Waals surface area (Å²) in [6, 6.07) is 5.36. The number of halogens is 2. The van der Waals surface area contributed by atoms with Crippen LogP contribution in [0.4, 0.5) is 4.39 Å². The van der Waals surface area contributed by atoms with Crippen molar-refractivity contribution in [1.82, 2.24) is 14.3 Å². The average molecular weight is 330 g/mol. The van der Waals surface area contributed by atoms with Crippen molar-refractivity contribution < 1.29 is 12.8 Å². The third-order valence-corrected chi connectivity index (χ3v) is 5.25. The monoisotopic (exact) mass is 329 g/mol. The van der Waals surface area contributed by atoms with Crippen molar-refractivity contribution in [2.24, 2.45) is 0 Å². The molecule has 0 bridgehead atoms. The van der Waals surface area contributed by atoms with Crippen LogP contribution >= 0.6 is 11.6 Å². The van der Waals surface area contributed by atoms with Crippen LogP contribution in [0.5, 0.6) is 0 Å². The third kappa shape index (κ3) is 3.20. The van der Waals surface area contributed by atoms with Crippen molar-refractivity contribution in [3.05, 3.63) is 53.3 Å². The second-order valence-corrected chi connectivity index (χ2v) is 6.74. The molecule has 21 heavy (non-hydrogen) atoms. The molecule has 0 radical (unpaired) electrons. The molecule has 1 aromatic heterocycles. The van der Waals surface area contributed by atoms with E-state index in [4.69, 9.17) is 11.6 Å². The maximum absolute atomic E-state index is 13.8. The van der Waals surface area contributed by atoms with Crippen LogP contribution < -0.4 is 0 Å². The number of hydrogen-bond acceptors (Lipinski definition) is 4. The fourth-order valence-electron chi connectivity index (χ4n) is 1.82. The summed E-state index contributed by atoms with van der Waals surface area (Å²) in [6.45, 7) is 1.60. The Hall–Kier alpha value is -1.57. The Balaban J connectivity index is 2.36. The molecule has 1 aromatic carbocycles. The Labute approximate surface area is 127 Å². The van der Waals surface area contributed by atoms with E-state index in [1.807, 2.05) is 0 Å². The highest BCUT2D eigenvalue weighted by atomic mass is 35.5. The molecule has 2 aromatic rings.